The highest BCUT2D eigenvalue weighted by atomic mass is 16.5. The summed E-state index contributed by atoms with van der Waals surface area (Å²) in [5.74, 6) is 0.168. The van der Waals surface area contributed by atoms with Gasteiger partial charge in [-0.2, -0.15) is 5.26 Å². The summed E-state index contributed by atoms with van der Waals surface area (Å²) in [5, 5.41) is 12.3. The fourth-order valence-corrected chi connectivity index (χ4v) is 3.38. The Bertz CT molecular complexity index is 537. The largest absolute Gasteiger partial charge is 0.370 e. The molecule has 0 unspecified atom stereocenters. The van der Waals surface area contributed by atoms with Crippen LogP contribution in [-0.4, -0.2) is 40.8 Å². The molecule has 3 heterocycles. The first-order valence-corrected chi connectivity index (χ1v) is 7.47. The van der Waals surface area contributed by atoms with Gasteiger partial charge in [0.05, 0.1) is 30.5 Å². The average Bonchev–Trinajstić information content (AvgIpc) is 3.15. The van der Waals surface area contributed by atoms with Gasteiger partial charge in [-0.25, -0.2) is 0 Å². The van der Waals surface area contributed by atoms with Crippen LogP contribution in [0, 0.1) is 11.3 Å². The molecule has 21 heavy (non-hydrogen) atoms. The Hall–Kier alpha value is -1.87. The number of carbonyl (C=O) groups excluding carboxylic acids is 1. The number of amides is 1. The zero-order valence-electron chi connectivity index (χ0n) is 12.0. The summed E-state index contributed by atoms with van der Waals surface area (Å²) in [4.78, 5) is 14.2. The van der Waals surface area contributed by atoms with Gasteiger partial charge in [0.1, 0.15) is 0 Å². The number of hydrogen-bond acceptors (Lipinski definition) is 5. The Morgan fingerprint density at radius 3 is 3.24 bits per heavy atom. The maximum Gasteiger partial charge on any atom is 0.292 e. The van der Waals surface area contributed by atoms with Crippen LogP contribution in [-0.2, 0) is 4.74 Å². The number of aromatic nitrogens is 1. The van der Waals surface area contributed by atoms with Crippen LogP contribution in [0.1, 0.15) is 49.1 Å². The van der Waals surface area contributed by atoms with E-state index in [4.69, 9.17) is 14.5 Å². The van der Waals surface area contributed by atoms with Gasteiger partial charge in [-0.15, -0.1) is 0 Å². The summed E-state index contributed by atoms with van der Waals surface area (Å²) < 4.78 is 11.2. The second-order valence-corrected chi connectivity index (χ2v) is 5.87. The number of ether oxygens (including phenoxy) is 1. The first-order valence-electron chi connectivity index (χ1n) is 7.47. The van der Waals surface area contributed by atoms with Crippen molar-refractivity contribution < 1.29 is 14.1 Å². The molecule has 0 aliphatic carbocycles. The van der Waals surface area contributed by atoms with Crippen molar-refractivity contribution in [1.82, 2.24) is 10.1 Å². The zero-order chi connectivity index (χ0) is 14.7. The van der Waals surface area contributed by atoms with Crippen LogP contribution in [0.4, 0.5) is 0 Å². The minimum Gasteiger partial charge on any atom is -0.370 e. The van der Waals surface area contributed by atoms with Crippen molar-refractivity contribution in [3.8, 4) is 6.07 Å². The molecule has 1 amide bonds. The average molecular weight is 289 g/mol. The van der Waals surface area contributed by atoms with Crippen LogP contribution < -0.4 is 0 Å². The third-order valence-corrected chi connectivity index (χ3v) is 4.39. The smallest absolute Gasteiger partial charge is 0.292 e. The molecule has 6 heteroatoms. The van der Waals surface area contributed by atoms with Crippen molar-refractivity contribution in [3.05, 3.63) is 18.0 Å². The van der Waals surface area contributed by atoms with E-state index in [1.54, 1.807) is 11.0 Å². The quantitative estimate of drug-likeness (QED) is 0.851. The Kier molecular flexibility index (Phi) is 3.93. The molecule has 0 saturated carbocycles. The summed E-state index contributed by atoms with van der Waals surface area (Å²) in [6.45, 7) is 1.34. The molecule has 2 fully saturated rings. The molecule has 2 aliphatic rings. The molecule has 2 saturated heterocycles. The molecule has 0 aromatic carbocycles. The summed E-state index contributed by atoms with van der Waals surface area (Å²) in [7, 11) is 0. The lowest BCUT2D eigenvalue weighted by Gasteiger charge is -2.39. The molecule has 2 atom stereocenters. The number of hydrogen-bond donors (Lipinski definition) is 0. The van der Waals surface area contributed by atoms with E-state index in [9.17, 15) is 4.79 Å². The number of rotatable bonds is 3. The van der Waals surface area contributed by atoms with Crippen LogP contribution >= 0.6 is 0 Å². The maximum absolute atomic E-state index is 12.3. The van der Waals surface area contributed by atoms with Crippen LogP contribution in [0.3, 0.4) is 0 Å². The lowest BCUT2D eigenvalue weighted by Crippen LogP contribution is -2.50. The molecule has 0 radical (unpaired) electrons. The highest BCUT2D eigenvalue weighted by Gasteiger charge is 2.44. The molecule has 0 N–H and O–H groups in total. The number of likely N-dealkylation sites (tertiary alicyclic amines) is 1. The van der Waals surface area contributed by atoms with Crippen molar-refractivity contribution >= 4 is 5.91 Å². The van der Waals surface area contributed by atoms with E-state index >= 15 is 0 Å². The summed E-state index contributed by atoms with van der Waals surface area (Å²) >= 11 is 0. The van der Waals surface area contributed by atoms with Crippen LogP contribution in [0.2, 0.25) is 0 Å². The summed E-state index contributed by atoms with van der Waals surface area (Å²) in [6.07, 6.45) is 6.81. The molecular weight excluding hydrogens is 270 g/mol. The SMILES string of the molecule is N#CCC[C@H]1CC[C@]2(CCCN(C(=O)c3ccno3)C2)O1. The van der Waals surface area contributed by atoms with Crippen LogP contribution in [0.25, 0.3) is 0 Å². The fraction of sp³-hybridized carbons (Fsp3) is 0.667. The molecule has 2 aliphatic heterocycles. The van der Waals surface area contributed by atoms with Crippen molar-refractivity contribution in [3.63, 3.8) is 0 Å². The standard InChI is InChI=1S/C15H19N3O3/c16-8-1-3-12-4-7-15(20-12)6-2-10-18(11-15)14(19)13-5-9-17-21-13/h5,9,12H,1-4,6-7,10-11H2/t12-,15-/m0/s1. The van der Waals surface area contributed by atoms with E-state index in [-0.39, 0.29) is 23.4 Å². The van der Waals surface area contributed by atoms with Crippen LogP contribution in [0.5, 0.6) is 0 Å². The first kappa shape index (κ1) is 14.1. The second kappa shape index (κ2) is 5.86. The Morgan fingerprint density at radius 1 is 1.57 bits per heavy atom. The molecular formula is C15H19N3O3. The molecule has 0 bridgehead atoms. The third kappa shape index (κ3) is 2.93. The summed E-state index contributed by atoms with van der Waals surface area (Å²) in [6, 6.07) is 3.76. The van der Waals surface area contributed by atoms with Gasteiger partial charge in [-0.1, -0.05) is 5.16 Å². The second-order valence-electron chi connectivity index (χ2n) is 5.87. The van der Waals surface area contributed by atoms with Gasteiger partial charge in [0.15, 0.2) is 0 Å². The molecule has 6 nitrogen and oxygen atoms in total. The van der Waals surface area contributed by atoms with E-state index in [0.717, 1.165) is 38.6 Å². The monoisotopic (exact) mass is 289 g/mol. The minimum atomic E-state index is -0.228. The summed E-state index contributed by atoms with van der Waals surface area (Å²) in [5.41, 5.74) is -0.228. The first-order chi connectivity index (χ1) is 10.2. The van der Waals surface area contributed by atoms with E-state index in [0.29, 0.717) is 13.0 Å². The number of piperidine rings is 1. The van der Waals surface area contributed by atoms with Gasteiger partial charge < -0.3 is 14.2 Å². The van der Waals surface area contributed by atoms with Gasteiger partial charge in [-0.05, 0) is 32.1 Å². The predicted octanol–water partition coefficient (Wildman–Crippen LogP) is 2.13. The van der Waals surface area contributed by atoms with Crippen molar-refractivity contribution in [1.29, 1.82) is 5.26 Å². The minimum absolute atomic E-state index is 0.115. The maximum atomic E-state index is 12.3. The highest BCUT2D eigenvalue weighted by Crippen LogP contribution is 2.39. The Morgan fingerprint density at radius 2 is 2.48 bits per heavy atom. The zero-order valence-corrected chi connectivity index (χ0v) is 12.0. The lowest BCUT2D eigenvalue weighted by molar-refractivity contribution is -0.0785. The highest BCUT2D eigenvalue weighted by molar-refractivity contribution is 5.91. The van der Waals surface area contributed by atoms with E-state index in [2.05, 4.69) is 11.2 Å². The number of carbonyl (C=O) groups is 1. The number of nitrogens with zero attached hydrogens (tertiary/aromatic N) is 3. The van der Waals surface area contributed by atoms with Gasteiger partial charge in [0.25, 0.3) is 5.91 Å². The lowest BCUT2D eigenvalue weighted by atomic mass is 9.89. The number of nitriles is 1. The van der Waals surface area contributed by atoms with Crippen molar-refractivity contribution in [2.75, 3.05) is 13.1 Å². The third-order valence-electron chi connectivity index (χ3n) is 4.39. The van der Waals surface area contributed by atoms with E-state index in [1.165, 1.54) is 6.20 Å². The molecule has 112 valence electrons. The van der Waals surface area contributed by atoms with Gasteiger partial charge in [0, 0.05) is 19.0 Å². The predicted molar refractivity (Wildman–Crippen MR) is 73.3 cm³/mol. The van der Waals surface area contributed by atoms with Gasteiger partial charge in [-0.3, -0.25) is 4.79 Å². The Balaban J connectivity index is 1.64. The van der Waals surface area contributed by atoms with Crippen molar-refractivity contribution in [2.45, 2.75) is 50.2 Å². The van der Waals surface area contributed by atoms with E-state index in [1.807, 2.05) is 0 Å². The fourth-order valence-electron chi connectivity index (χ4n) is 3.38. The van der Waals surface area contributed by atoms with Crippen molar-refractivity contribution in [2.24, 2.45) is 0 Å². The van der Waals surface area contributed by atoms with Gasteiger partial charge >= 0.3 is 0 Å². The molecule has 1 aromatic heterocycles. The molecule has 1 spiro atoms. The molecule has 1 aromatic rings. The topological polar surface area (TPSA) is 79.4 Å². The molecule has 3 rings (SSSR count). The van der Waals surface area contributed by atoms with Gasteiger partial charge in [0.2, 0.25) is 5.76 Å². The Labute approximate surface area is 123 Å². The van der Waals surface area contributed by atoms with E-state index < -0.39 is 0 Å². The normalized spacial score (nSPS) is 28.7. The van der Waals surface area contributed by atoms with Crippen LogP contribution in [0.15, 0.2) is 16.8 Å².